The van der Waals surface area contributed by atoms with Crippen LogP contribution in [0.3, 0.4) is 0 Å². The van der Waals surface area contributed by atoms with E-state index in [1.54, 1.807) is 30.0 Å². The Morgan fingerprint density at radius 3 is 2.79 bits per heavy atom. The Bertz CT molecular complexity index is 766. The van der Waals surface area contributed by atoms with Gasteiger partial charge in [-0.25, -0.2) is 0 Å². The van der Waals surface area contributed by atoms with E-state index in [0.717, 1.165) is 29.3 Å². The van der Waals surface area contributed by atoms with Gasteiger partial charge in [0.05, 0.1) is 17.2 Å². The number of nitrogens with zero attached hydrogens (tertiary/aromatic N) is 2. The predicted octanol–water partition coefficient (Wildman–Crippen LogP) is 3.54. The molecule has 0 saturated heterocycles. The largest absolute Gasteiger partial charge is 0.361 e. The maximum atomic E-state index is 12.4. The van der Waals surface area contributed by atoms with E-state index in [2.05, 4.69) is 11.4 Å². The zero-order chi connectivity index (χ0) is 16.9. The Labute approximate surface area is 144 Å². The summed E-state index contributed by atoms with van der Waals surface area (Å²) < 4.78 is 0. The molecule has 0 saturated carbocycles. The number of anilines is 2. The number of benzene rings is 2. The Kier molecular flexibility index (Phi) is 5.00. The number of amides is 1. The number of thioether (sulfide) groups is 1. The molecule has 2 aromatic carbocycles. The normalized spacial score (nSPS) is 13.8. The molecule has 1 heterocycles. The molecule has 1 aliphatic heterocycles. The average Bonchev–Trinajstić information content (AvgIpc) is 2.78. The molecule has 24 heavy (non-hydrogen) atoms. The van der Waals surface area contributed by atoms with Crippen LogP contribution in [-0.2, 0) is 4.79 Å². The Morgan fingerprint density at radius 2 is 1.96 bits per heavy atom. The van der Waals surface area contributed by atoms with Crippen molar-refractivity contribution >= 4 is 34.7 Å². The Balaban J connectivity index is 1.75. The summed E-state index contributed by atoms with van der Waals surface area (Å²) in [6.07, 6.45) is 0.984. The van der Waals surface area contributed by atoms with Gasteiger partial charge in [-0.2, -0.15) is 0 Å². The fourth-order valence-corrected chi connectivity index (χ4v) is 3.68. The maximum absolute atomic E-state index is 12.4. The van der Waals surface area contributed by atoms with Gasteiger partial charge in [-0.3, -0.25) is 14.9 Å². The first kappa shape index (κ1) is 16.3. The highest BCUT2D eigenvalue weighted by molar-refractivity contribution is 7.99. The molecule has 2 aromatic rings. The second-order valence-electron chi connectivity index (χ2n) is 5.41. The lowest BCUT2D eigenvalue weighted by Gasteiger charge is -2.23. The zero-order valence-electron chi connectivity index (χ0n) is 13.0. The predicted molar refractivity (Wildman–Crippen MR) is 95.7 cm³/mol. The molecule has 124 valence electrons. The molecule has 0 aromatic heterocycles. The molecule has 0 fully saturated rings. The zero-order valence-corrected chi connectivity index (χ0v) is 13.8. The van der Waals surface area contributed by atoms with E-state index in [4.69, 9.17) is 0 Å². The Morgan fingerprint density at radius 1 is 1.21 bits per heavy atom. The molecule has 0 radical (unpaired) electrons. The first-order valence-corrected chi connectivity index (χ1v) is 8.64. The van der Waals surface area contributed by atoms with E-state index in [-0.39, 0.29) is 23.8 Å². The SMILES string of the molecule is O=C(CN1CCCSc2ccccc21)Nc1ccccc1[N+](=O)[O-]. The van der Waals surface area contributed by atoms with Crippen molar-refractivity contribution in [2.45, 2.75) is 11.3 Å². The van der Waals surface area contributed by atoms with Crippen molar-refractivity contribution in [1.82, 2.24) is 0 Å². The number of nitro groups is 1. The number of nitro benzene ring substituents is 1. The molecular formula is C17H17N3O3S. The molecule has 1 N–H and O–H groups in total. The molecule has 1 amide bonds. The van der Waals surface area contributed by atoms with E-state index in [9.17, 15) is 14.9 Å². The van der Waals surface area contributed by atoms with E-state index in [1.165, 1.54) is 6.07 Å². The average molecular weight is 343 g/mol. The number of hydrogen-bond acceptors (Lipinski definition) is 5. The summed E-state index contributed by atoms with van der Waals surface area (Å²) in [6.45, 7) is 0.956. The molecule has 0 unspecified atom stereocenters. The van der Waals surface area contributed by atoms with Crippen molar-refractivity contribution in [1.29, 1.82) is 0 Å². The summed E-state index contributed by atoms with van der Waals surface area (Å²) in [4.78, 5) is 26.1. The molecule has 3 rings (SSSR count). The van der Waals surface area contributed by atoms with E-state index >= 15 is 0 Å². The van der Waals surface area contributed by atoms with Gasteiger partial charge in [0.2, 0.25) is 5.91 Å². The molecule has 0 bridgehead atoms. The van der Waals surface area contributed by atoms with Gasteiger partial charge in [-0.05, 0) is 30.4 Å². The molecule has 0 spiro atoms. The van der Waals surface area contributed by atoms with Crippen LogP contribution >= 0.6 is 11.8 Å². The standard InChI is InChI=1S/C17H17N3O3S/c21-17(18-13-6-1-2-7-14(13)20(22)23)12-19-10-5-11-24-16-9-4-3-8-15(16)19/h1-4,6-9H,5,10-12H2,(H,18,21). The van der Waals surface area contributed by atoms with Crippen molar-refractivity contribution in [3.05, 3.63) is 58.6 Å². The van der Waals surface area contributed by atoms with Gasteiger partial charge in [0.1, 0.15) is 5.69 Å². The first-order valence-electron chi connectivity index (χ1n) is 7.65. The summed E-state index contributed by atoms with van der Waals surface area (Å²) >= 11 is 1.79. The second-order valence-corrected chi connectivity index (χ2v) is 6.55. The monoisotopic (exact) mass is 343 g/mol. The molecule has 0 atom stereocenters. The van der Waals surface area contributed by atoms with Crippen LogP contribution in [0.1, 0.15) is 6.42 Å². The summed E-state index contributed by atoms with van der Waals surface area (Å²) in [6, 6.07) is 14.2. The third-order valence-corrected chi connectivity index (χ3v) is 4.89. The van der Waals surface area contributed by atoms with E-state index in [0.29, 0.717) is 0 Å². The molecule has 6 nitrogen and oxygen atoms in total. The third-order valence-electron chi connectivity index (χ3n) is 3.75. The number of fused-ring (bicyclic) bond motifs is 1. The van der Waals surface area contributed by atoms with Crippen LogP contribution in [-0.4, -0.2) is 29.7 Å². The minimum absolute atomic E-state index is 0.0994. The fourth-order valence-electron chi connectivity index (χ4n) is 2.66. The van der Waals surface area contributed by atoms with Crippen LogP contribution in [0.15, 0.2) is 53.4 Å². The number of nitrogens with one attached hydrogen (secondary N) is 1. The van der Waals surface area contributed by atoms with Crippen molar-refractivity contribution in [3.63, 3.8) is 0 Å². The minimum Gasteiger partial charge on any atom is -0.361 e. The van der Waals surface area contributed by atoms with Crippen molar-refractivity contribution in [3.8, 4) is 0 Å². The highest BCUT2D eigenvalue weighted by Crippen LogP contribution is 2.33. The highest BCUT2D eigenvalue weighted by Gasteiger charge is 2.20. The number of para-hydroxylation sites is 3. The van der Waals surface area contributed by atoms with Gasteiger partial charge in [-0.15, -0.1) is 11.8 Å². The second kappa shape index (κ2) is 7.35. The lowest BCUT2D eigenvalue weighted by atomic mass is 10.2. The summed E-state index contributed by atoms with van der Waals surface area (Å²) in [5.41, 5.74) is 1.17. The van der Waals surface area contributed by atoms with Crippen LogP contribution < -0.4 is 10.2 Å². The van der Waals surface area contributed by atoms with Crippen molar-refractivity contribution in [2.75, 3.05) is 29.1 Å². The van der Waals surface area contributed by atoms with E-state index in [1.807, 2.05) is 23.1 Å². The smallest absolute Gasteiger partial charge is 0.292 e. The van der Waals surface area contributed by atoms with Gasteiger partial charge < -0.3 is 10.2 Å². The Hall–Kier alpha value is -2.54. The van der Waals surface area contributed by atoms with Crippen molar-refractivity contribution < 1.29 is 9.72 Å². The minimum atomic E-state index is -0.493. The van der Waals surface area contributed by atoms with Gasteiger partial charge in [-0.1, -0.05) is 24.3 Å². The van der Waals surface area contributed by atoms with Crippen LogP contribution in [0.2, 0.25) is 0 Å². The van der Waals surface area contributed by atoms with Gasteiger partial charge >= 0.3 is 0 Å². The van der Waals surface area contributed by atoms with Gasteiger partial charge in [0.25, 0.3) is 5.69 Å². The van der Waals surface area contributed by atoms with Crippen molar-refractivity contribution in [2.24, 2.45) is 0 Å². The summed E-state index contributed by atoms with van der Waals surface area (Å²) in [5.74, 6) is 0.755. The summed E-state index contributed by atoms with van der Waals surface area (Å²) in [5, 5.41) is 13.7. The third kappa shape index (κ3) is 3.68. The van der Waals surface area contributed by atoms with Gasteiger partial charge in [0.15, 0.2) is 0 Å². The highest BCUT2D eigenvalue weighted by atomic mass is 32.2. The van der Waals surface area contributed by atoms with Crippen LogP contribution in [0.25, 0.3) is 0 Å². The van der Waals surface area contributed by atoms with Crippen LogP contribution in [0, 0.1) is 10.1 Å². The maximum Gasteiger partial charge on any atom is 0.292 e. The van der Waals surface area contributed by atoms with Gasteiger partial charge in [0, 0.05) is 17.5 Å². The van der Waals surface area contributed by atoms with E-state index < -0.39 is 4.92 Å². The lowest BCUT2D eigenvalue weighted by molar-refractivity contribution is -0.383. The molecule has 0 aliphatic carbocycles. The first-order chi connectivity index (χ1) is 11.6. The lowest BCUT2D eigenvalue weighted by Crippen LogP contribution is -2.34. The number of hydrogen-bond donors (Lipinski definition) is 1. The molecule has 7 heteroatoms. The number of carbonyl (C=O) groups is 1. The topological polar surface area (TPSA) is 75.5 Å². The molecular weight excluding hydrogens is 326 g/mol. The summed E-state index contributed by atoms with van der Waals surface area (Å²) in [7, 11) is 0. The van der Waals surface area contributed by atoms with Crippen LogP contribution in [0.4, 0.5) is 17.1 Å². The fraction of sp³-hybridized carbons (Fsp3) is 0.235. The number of rotatable bonds is 4. The molecule has 1 aliphatic rings. The van der Waals surface area contributed by atoms with Crippen LogP contribution in [0.5, 0.6) is 0 Å². The number of carbonyl (C=O) groups excluding carboxylic acids is 1. The quantitative estimate of drug-likeness (QED) is 0.679.